The second-order valence-electron chi connectivity index (χ2n) is 3.80. The predicted molar refractivity (Wildman–Crippen MR) is 62.2 cm³/mol. The van der Waals surface area contributed by atoms with Crippen LogP contribution in [0.3, 0.4) is 0 Å². The maximum Gasteiger partial charge on any atom is 0.256 e. The first-order valence-electron chi connectivity index (χ1n) is 4.85. The Hall–Kier alpha value is -1.92. The Kier molecular flexibility index (Phi) is 1.84. The van der Waals surface area contributed by atoms with Crippen LogP contribution in [-0.4, -0.2) is 14.3 Å². The van der Waals surface area contributed by atoms with Gasteiger partial charge in [0.05, 0.1) is 4.90 Å². The number of hydrogen-bond donors (Lipinski definition) is 1. The van der Waals surface area contributed by atoms with E-state index in [0.29, 0.717) is 22.0 Å². The maximum atomic E-state index is 11.6. The van der Waals surface area contributed by atoms with E-state index < -0.39 is 10.0 Å². The van der Waals surface area contributed by atoms with Crippen LogP contribution in [0.1, 0.15) is 10.4 Å². The number of carbonyl (C=O) groups excluding carboxylic acids is 1. The maximum absolute atomic E-state index is 11.6. The lowest BCUT2D eigenvalue weighted by atomic mass is 10.1. The Morgan fingerprint density at radius 3 is 2.59 bits per heavy atom. The Morgan fingerprint density at radius 1 is 1.12 bits per heavy atom. The molecule has 1 aliphatic rings. The molecule has 0 atom stereocenters. The van der Waals surface area contributed by atoms with Crippen molar-refractivity contribution in [1.29, 1.82) is 0 Å². The number of anilines is 1. The molecule has 1 aliphatic heterocycles. The van der Waals surface area contributed by atoms with Crippen molar-refractivity contribution in [3.05, 3.63) is 35.9 Å². The molecule has 0 saturated carbocycles. The lowest BCUT2D eigenvalue weighted by Gasteiger charge is -2.04. The van der Waals surface area contributed by atoms with Gasteiger partial charge in [0, 0.05) is 22.0 Å². The highest BCUT2D eigenvalue weighted by Gasteiger charge is 2.24. The zero-order valence-corrected chi connectivity index (χ0v) is 9.34. The first-order chi connectivity index (χ1) is 7.98. The van der Waals surface area contributed by atoms with Crippen molar-refractivity contribution in [1.82, 2.24) is 5.14 Å². The summed E-state index contributed by atoms with van der Waals surface area (Å²) in [6, 6.07) is 7.70. The van der Waals surface area contributed by atoms with Gasteiger partial charge in [-0.25, -0.2) is 8.42 Å². The number of benzene rings is 2. The molecule has 0 unspecified atom stereocenters. The van der Waals surface area contributed by atoms with Crippen molar-refractivity contribution in [2.45, 2.75) is 4.90 Å². The smallest absolute Gasteiger partial charge is 0.256 e. The molecule has 0 bridgehead atoms. The number of carbonyl (C=O) groups is 1. The summed E-state index contributed by atoms with van der Waals surface area (Å²) in [6.07, 6.45) is 0. The van der Waals surface area contributed by atoms with Crippen LogP contribution in [-0.2, 0) is 10.0 Å². The number of rotatable bonds is 1. The van der Waals surface area contributed by atoms with Gasteiger partial charge in [0.1, 0.15) is 0 Å². The number of nitrogens with one attached hydrogen (secondary N) is 2. The van der Waals surface area contributed by atoms with Gasteiger partial charge in [-0.15, -0.1) is 5.14 Å². The third-order valence-electron chi connectivity index (χ3n) is 2.78. The van der Waals surface area contributed by atoms with Gasteiger partial charge in [0.2, 0.25) is 0 Å². The van der Waals surface area contributed by atoms with Crippen LogP contribution < -0.4 is 10.5 Å². The van der Waals surface area contributed by atoms with Crippen molar-refractivity contribution in [2.75, 3.05) is 5.32 Å². The first kappa shape index (κ1) is 10.2. The molecule has 6 heteroatoms. The third kappa shape index (κ3) is 1.35. The summed E-state index contributed by atoms with van der Waals surface area (Å²) < 4.78 is 22.7. The fourth-order valence-electron chi connectivity index (χ4n) is 2.10. The van der Waals surface area contributed by atoms with Crippen molar-refractivity contribution in [3.8, 4) is 0 Å². The minimum absolute atomic E-state index is 0.0744. The molecule has 5 nitrogen and oxygen atoms in total. The van der Waals surface area contributed by atoms with Crippen LogP contribution in [0, 0.1) is 0 Å². The molecule has 0 saturated heterocycles. The molecule has 3 rings (SSSR count). The van der Waals surface area contributed by atoms with E-state index >= 15 is 0 Å². The van der Waals surface area contributed by atoms with Crippen molar-refractivity contribution in [2.24, 2.45) is 0 Å². The standard InChI is InChI=1S/C11H7N2O3S/c12-17(15,16)9-5-4-8-10-6(9)2-1-3-7(10)11(14)13-8/h1-5,12H,(H,13,14). The fourth-order valence-corrected chi connectivity index (χ4v) is 2.80. The molecule has 0 aromatic heterocycles. The molecule has 2 aromatic carbocycles. The second-order valence-corrected chi connectivity index (χ2v) is 5.24. The first-order valence-corrected chi connectivity index (χ1v) is 6.33. The van der Waals surface area contributed by atoms with E-state index in [1.54, 1.807) is 18.2 Å². The Bertz CT molecular complexity index is 766. The van der Waals surface area contributed by atoms with Gasteiger partial charge < -0.3 is 5.32 Å². The highest BCUT2D eigenvalue weighted by molar-refractivity contribution is 7.89. The number of sulfonamides is 1. The normalized spacial score (nSPS) is 14.1. The zero-order valence-electron chi connectivity index (χ0n) is 8.52. The van der Waals surface area contributed by atoms with Crippen LogP contribution in [0.4, 0.5) is 5.69 Å². The van der Waals surface area contributed by atoms with E-state index in [4.69, 9.17) is 5.14 Å². The predicted octanol–water partition coefficient (Wildman–Crippen LogP) is 1.38. The molecule has 2 aromatic rings. The van der Waals surface area contributed by atoms with E-state index in [2.05, 4.69) is 5.32 Å². The molecule has 0 spiro atoms. The van der Waals surface area contributed by atoms with Crippen LogP contribution in [0.5, 0.6) is 0 Å². The van der Waals surface area contributed by atoms with Crippen LogP contribution in [0.15, 0.2) is 35.2 Å². The summed E-state index contributed by atoms with van der Waals surface area (Å²) in [5, 5.41) is 10.8. The minimum Gasteiger partial charge on any atom is -0.321 e. The quantitative estimate of drug-likeness (QED) is 0.825. The molecule has 2 N–H and O–H groups in total. The summed E-state index contributed by atoms with van der Waals surface area (Å²) in [6.45, 7) is 0. The van der Waals surface area contributed by atoms with Gasteiger partial charge in [-0.3, -0.25) is 4.79 Å². The number of hydrogen-bond acceptors (Lipinski definition) is 3. The van der Waals surface area contributed by atoms with Gasteiger partial charge in [-0.2, -0.15) is 0 Å². The molecule has 17 heavy (non-hydrogen) atoms. The average molecular weight is 247 g/mol. The largest absolute Gasteiger partial charge is 0.321 e. The van der Waals surface area contributed by atoms with E-state index in [0.717, 1.165) is 0 Å². The number of amides is 1. The lowest BCUT2D eigenvalue weighted by Crippen LogP contribution is -2.03. The highest BCUT2D eigenvalue weighted by Crippen LogP contribution is 2.36. The van der Waals surface area contributed by atoms with Crippen molar-refractivity contribution >= 4 is 32.4 Å². The van der Waals surface area contributed by atoms with Gasteiger partial charge in [0.25, 0.3) is 15.9 Å². The Labute approximate surface area is 97.3 Å². The van der Waals surface area contributed by atoms with Gasteiger partial charge in [-0.05, 0) is 18.2 Å². The van der Waals surface area contributed by atoms with Crippen LogP contribution in [0.25, 0.3) is 10.8 Å². The summed E-state index contributed by atoms with van der Waals surface area (Å²) in [5.74, 6) is -0.245. The van der Waals surface area contributed by atoms with Gasteiger partial charge in [0.15, 0.2) is 0 Å². The average Bonchev–Trinajstić information content (AvgIpc) is 2.57. The molecular formula is C11H7N2O3S. The van der Waals surface area contributed by atoms with Crippen molar-refractivity contribution < 1.29 is 13.2 Å². The SMILES string of the molecule is [NH]S(=O)(=O)c1ccc2c3c(cccc13)C(=O)N2. The minimum atomic E-state index is -4.04. The van der Waals surface area contributed by atoms with Crippen LogP contribution in [0.2, 0.25) is 0 Å². The molecule has 85 valence electrons. The summed E-state index contributed by atoms with van der Waals surface area (Å²) in [7, 11) is -4.04. The molecular weight excluding hydrogens is 240 g/mol. The Balaban J connectivity index is 2.54. The molecule has 0 fully saturated rings. The molecule has 1 heterocycles. The molecule has 1 amide bonds. The fraction of sp³-hybridized carbons (Fsp3) is 0. The lowest BCUT2D eigenvalue weighted by molar-refractivity contribution is 0.103. The Morgan fingerprint density at radius 2 is 1.88 bits per heavy atom. The van der Waals surface area contributed by atoms with E-state index in [-0.39, 0.29) is 10.8 Å². The van der Waals surface area contributed by atoms with Crippen LogP contribution >= 0.6 is 0 Å². The van der Waals surface area contributed by atoms with E-state index in [1.807, 2.05) is 0 Å². The monoisotopic (exact) mass is 247 g/mol. The molecule has 0 aliphatic carbocycles. The van der Waals surface area contributed by atoms with E-state index in [9.17, 15) is 13.2 Å². The summed E-state index contributed by atoms with van der Waals surface area (Å²) >= 11 is 0. The summed E-state index contributed by atoms with van der Waals surface area (Å²) in [5.41, 5.74) is 1.04. The topological polar surface area (TPSA) is 87.0 Å². The highest BCUT2D eigenvalue weighted by atomic mass is 32.2. The molecule has 1 radical (unpaired) electrons. The van der Waals surface area contributed by atoms with Gasteiger partial charge >= 0.3 is 0 Å². The second kappa shape index (κ2) is 3.06. The van der Waals surface area contributed by atoms with Crippen molar-refractivity contribution in [3.63, 3.8) is 0 Å². The van der Waals surface area contributed by atoms with E-state index in [1.165, 1.54) is 12.1 Å². The zero-order chi connectivity index (χ0) is 12.2. The third-order valence-corrected chi connectivity index (χ3v) is 3.72. The summed E-state index contributed by atoms with van der Waals surface area (Å²) in [4.78, 5) is 11.5. The van der Waals surface area contributed by atoms with Gasteiger partial charge in [-0.1, -0.05) is 12.1 Å².